The maximum absolute atomic E-state index is 9.47. The lowest BCUT2D eigenvalue weighted by atomic mass is 10.1. The lowest BCUT2D eigenvalue weighted by molar-refractivity contribution is 0.211. The fraction of sp³-hybridized carbons (Fsp3) is 0.810. The van der Waals surface area contributed by atoms with Crippen LogP contribution in [0, 0.1) is 22.7 Å². The van der Waals surface area contributed by atoms with E-state index in [1.54, 1.807) is 0 Å². The summed E-state index contributed by atoms with van der Waals surface area (Å²) in [4.78, 5) is 9.65. The normalized spacial score (nSPS) is 24.3. The number of likely N-dealkylation sites (tertiary alicyclic amines) is 2. The van der Waals surface area contributed by atoms with Gasteiger partial charge in [0.15, 0.2) is 5.57 Å². The predicted octanol–water partition coefficient (Wildman–Crippen LogP) is 2.22. The summed E-state index contributed by atoms with van der Waals surface area (Å²) in [5.74, 6) is 0.880. The molecule has 3 heterocycles. The number of rotatable bonds is 7. The summed E-state index contributed by atoms with van der Waals surface area (Å²) in [5.41, 5.74) is 0.278. The lowest BCUT2D eigenvalue weighted by Gasteiger charge is -2.29. The second kappa shape index (κ2) is 9.97. The number of hydrogen-bond donors (Lipinski definition) is 0. The topological polar surface area (TPSA) is 60.5 Å². The molecule has 3 aliphatic heterocycles. The van der Waals surface area contributed by atoms with Crippen LogP contribution in [-0.4, -0.2) is 84.5 Å². The van der Waals surface area contributed by atoms with E-state index in [2.05, 4.69) is 38.7 Å². The predicted molar refractivity (Wildman–Crippen MR) is 107 cm³/mol. The van der Waals surface area contributed by atoms with Gasteiger partial charge in [-0.3, -0.25) is 4.90 Å². The Hall–Kier alpha value is -1.76. The molecule has 27 heavy (non-hydrogen) atoms. The zero-order chi connectivity index (χ0) is 19.1. The molecule has 0 bridgehead atoms. The van der Waals surface area contributed by atoms with Crippen LogP contribution in [0.25, 0.3) is 0 Å². The van der Waals surface area contributed by atoms with Gasteiger partial charge >= 0.3 is 0 Å². The van der Waals surface area contributed by atoms with E-state index in [1.807, 2.05) is 0 Å². The number of nitrogens with zero attached hydrogens (tertiary/aromatic N) is 6. The van der Waals surface area contributed by atoms with Crippen molar-refractivity contribution in [3.05, 3.63) is 11.4 Å². The monoisotopic (exact) mass is 370 g/mol. The molecule has 0 aliphatic carbocycles. The third-order valence-corrected chi connectivity index (χ3v) is 6.38. The van der Waals surface area contributed by atoms with Gasteiger partial charge in [0.1, 0.15) is 18.0 Å². The largest absolute Gasteiger partial charge is 0.355 e. The summed E-state index contributed by atoms with van der Waals surface area (Å²) in [6.07, 6.45) is 7.69. The summed E-state index contributed by atoms with van der Waals surface area (Å²) in [6.45, 7) is 11.8. The standard InChI is InChI=1S/C21H34N6/c1-19-7-5-11-25(19)13-14-27-16-15-26(21(27)20(17-22)18-23)12-6-10-24-8-3-2-4-9-24/h19H,2-16H2,1H3/t19-/m1/s1. The van der Waals surface area contributed by atoms with E-state index in [4.69, 9.17) is 0 Å². The third-order valence-electron chi connectivity index (χ3n) is 6.38. The molecule has 0 aromatic heterocycles. The van der Waals surface area contributed by atoms with Crippen molar-refractivity contribution in [1.82, 2.24) is 19.6 Å². The van der Waals surface area contributed by atoms with Crippen molar-refractivity contribution in [2.24, 2.45) is 0 Å². The van der Waals surface area contributed by atoms with Gasteiger partial charge in [0.2, 0.25) is 0 Å². The molecule has 3 fully saturated rings. The smallest absolute Gasteiger partial charge is 0.169 e. The quantitative estimate of drug-likeness (QED) is 0.641. The highest BCUT2D eigenvalue weighted by Crippen LogP contribution is 2.23. The van der Waals surface area contributed by atoms with Crippen molar-refractivity contribution in [2.75, 3.05) is 58.9 Å². The van der Waals surface area contributed by atoms with Crippen LogP contribution in [0.15, 0.2) is 11.4 Å². The summed E-state index contributed by atoms with van der Waals surface area (Å²) < 4.78 is 0. The van der Waals surface area contributed by atoms with E-state index in [0.29, 0.717) is 6.04 Å². The van der Waals surface area contributed by atoms with Gasteiger partial charge < -0.3 is 14.7 Å². The molecule has 6 heteroatoms. The molecule has 148 valence electrons. The van der Waals surface area contributed by atoms with Crippen molar-refractivity contribution in [3.8, 4) is 12.1 Å². The van der Waals surface area contributed by atoms with Crippen LogP contribution in [-0.2, 0) is 0 Å². The van der Waals surface area contributed by atoms with E-state index < -0.39 is 0 Å². The van der Waals surface area contributed by atoms with E-state index >= 15 is 0 Å². The maximum Gasteiger partial charge on any atom is 0.169 e. The first-order chi connectivity index (χ1) is 13.2. The van der Waals surface area contributed by atoms with Crippen LogP contribution in [0.3, 0.4) is 0 Å². The Morgan fingerprint density at radius 2 is 1.56 bits per heavy atom. The molecule has 0 radical (unpaired) electrons. The summed E-state index contributed by atoms with van der Waals surface area (Å²) >= 11 is 0. The first-order valence-electron chi connectivity index (χ1n) is 10.7. The molecule has 3 rings (SSSR count). The molecule has 0 spiro atoms. The van der Waals surface area contributed by atoms with Crippen molar-refractivity contribution in [2.45, 2.75) is 51.5 Å². The van der Waals surface area contributed by atoms with Gasteiger partial charge in [0.05, 0.1) is 0 Å². The first kappa shape index (κ1) is 20.0. The molecule has 3 aliphatic rings. The number of allylic oxidation sites excluding steroid dienone is 1. The van der Waals surface area contributed by atoms with Crippen molar-refractivity contribution in [3.63, 3.8) is 0 Å². The Kier molecular flexibility index (Phi) is 7.38. The van der Waals surface area contributed by atoms with Crippen LogP contribution in [0.2, 0.25) is 0 Å². The summed E-state index contributed by atoms with van der Waals surface area (Å²) in [6, 6.07) is 4.94. The molecular weight excluding hydrogens is 336 g/mol. The minimum atomic E-state index is 0.278. The van der Waals surface area contributed by atoms with Gasteiger partial charge in [0, 0.05) is 38.8 Å². The first-order valence-corrected chi connectivity index (χ1v) is 10.7. The lowest BCUT2D eigenvalue weighted by Crippen LogP contribution is -2.36. The van der Waals surface area contributed by atoms with Gasteiger partial charge in [-0.1, -0.05) is 6.42 Å². The van der Waals surface area contributed by atoms with Gasteiger partial charge in [-0.05, 0) is 65.2 Å². The van der Waals surface area contributed by atoms with Crippen LogP contribution in [0.1, 0.15) is 45.4 Å². The molecule has 0 unspecified atom stereocenters. The molecule has 0 N–H and O–H groups in total. The minimum Gasteiger partial charge on any atom is -0.355 e. The van der Waals surface area contributed by atoms with Gasteiger partial charge in [-0.15, -0.1) is 0 Å². The molecule has 6 nitrogen and oxygen atoms in total. The van der Waals surface area contributed by atoms with Crippen LogP contribution in [0.5, 0.6) is 0 Å². The van der Waals surface area contributed by atoms with E-state index in [-0.39, 0.29) is 5.57 Å². The Morgan fingerprint density at radius 1 is 0.852 bits per heavy atom. The van der Waals surface area contributed by atoms with Gasteiger partial charge in [-0.25, -0.2) is 0 Å². The Morgan fingerprint density at radius 3 is 2.19 bits per heavy atom. The number of hydrogen-bond acceptors (Lipinski definition) is 6. The molecule has 1 atom stereocenters. The zero-order valence-electron chi connectivity index (χ0n) is 16.9. The minimum absolute atomic E-state index is 0.278. The van der Waals surface area contributed by atoms with Crippen molar-refractivity contribution < 1.29 is 0 Å². The van der Waals surface area contributed by atoms with E-state index in [1.165, 1.54) is 51.7 Å². The Labute approximate surface area is 164 Å². The molecule has 0 aromatic rings. The number of piperidine rings is 1. The third kappa shape index (κ3) is 5.15. The fourth-order valence-corrected chi connectivity index (χ4v) is 4.77. The molecule has 0 saturated carbocycles. The average molecular weight is 371 g/mol. The Balaban J connectivity index is 1.56. The summed E-state index contributed by atoms with van der Waals surface area (Å²) in [5, 5.41) is 18.9. The van der Waals surface area contributed by atoms with Crippen molar-refractivity contribution in [1.29, 1.82) is 10.5 Å². The van der Waals surface area contributed by atoms with E-state index in [9.17, 15) is 10.5 Å². The van der Waals surface area contributed by atoms with Gasteiger partial charge in [-0.2, -0.15) is 10.5 Å². The van der Waals surface area contributed by atoms with Crippen LogP contribution >= 0.6 is 0 Å². The number of nitriles is 2. The molecule has 0 amide bonds. The summed E-state index contributed by atoms with van der Waals surface area (Å²) in [7, 11) is 0. The highest BCUT2D eigenvalue weighted by atomic mass is 15.4. The van der Waals surface area contributed by atoms with Crippen LogP contribution in [0.4, 0.5) is 0 Å². The molecular formula is C21H34N6. The SMILES string of the molecule is C[C@@H]1CCCN1CCN1CCN(CCCN2CCCCC2)C1=C(C#N)C#N. The van der Waals surface area contributed by atoms with Gasteiger partial charge in [0.25, 0.3) is 0 Å². The highest BCUT2D eigenvalue weighted by molar-refractivity contribution is 5.40. The molecule has 0 aromatic carbocycles. The van der Waals surface area contributed by atoms with Crippen molar-refractivity contribution >= 4 is 0 Å². The zero-order valence-corrected chi connectivity index (χ0v) is 16.9. The average Bonchev–Trinajstić information content (AvgIpc) is 3.28. The second-order valence-corrected chi connectivity index (χ2v) is 8.18. The van der Waals surface area contributed by atoms with E-state index in [0.717, 1.165) is 51.5 Å². The Bertz CT molecular complexity index is 579. The molecule has 3 saturated heterocycles. The highest BCUT2D eigenvalue weighted by Gasteiger charge is 2.29. The fourth-order valence-electron chi connectivity index (χ4n) is 4.77. The maximum atomic E-state index is 9.47. The van der Waals surface area contributed by atoms with Crippen LogP contribution < -0.4 is 0 Å². The second-order valence-electron chi connectivity index (χ2n) is 8.18.